The maximum atomic E-state index is 11.8. The molecule has 0 bridgehead atoms. The normalized spacial score (nSPS) is 9.50. The second kappa shape index (κ2) is 17.2. The van der Waals surface area contributed by atoms with Crippen LogP contribution in [0.15, 0.2) is 30.0 Å². The second-order valence-corrected chi connectivity index (χ2v) is 3.99. The molecule has 0 saturated carbocycles. The van der Waals surface area contributed by atoms with Gasteiger partial charge in [0.25, 0.3) is 0 Å². The highest BCUT2D eigenvalue weighted by molar-refractivity contribution is 5.94. The minimum absolute atomic E-state index is 0.0540. The molecule has 24 heavy (non-hydrogen) atoms. The SMILES string of the molecule is C=CC[C@@H](C)OC(=O)c1c(C)cc(N=O)cc1O.CC.CC.CC. The highest BCUT2D eigenvalue weighted by Gasteiger charge is 2.19. The van der Waals surface area contributed by atoms with Crippen molar-refractivity contribution in [1.29, 1.82) is 0 Å². The smallest absolute Gasteiger partial charge is 0.342 e. The Morgan fingerprint density at radius 3 is 2.12 bits per heavy atom. The van der Waals surface area contributed by atoms with Crippen molar-refractivity contribution >= 4 is 11.7 Å². The number of aromatic hydroxyl groups is 1. The van der Waals surface area contributed by atoms with Crippen LogP contribution < -0.4 is 0 Å². The fourth-order valence-electron chi connectivity index (χ4n) is 1.59. The van der Waals surface area contributed by atoms with Gasteiger partial charge in [0.1, 0.15) is 23.1 Å². The van der Waals surface area contributed by atoms with Crippen LogP contribution in [0.4, 0.5) is 5.69 Å². The predicted octanol–water partition coefficient (Wildman–Crippen LogP) is 6.30. The summed E-state index contributed by atoms with van der Waals surface area (Å²) in [5.41, 5.74) is 0.569. The van der Waals surface area contributed by atoms with Gasteiger partial charge in [0, 0.05) is 12.5 Å². The first-order valence-corrected chi connectivity index (χ1v) is 8.48. The van der Waals surface area contributed by atoms with Crippen molar-refractivity contribution in [1.82, 2.24) is 0 Å². The molecule has 5 heteroatoms. The van der Waals surface area contributed by atoms with Gasteiger partial charge in [-0.25, -0.2) is 4.79 Å². The molecular weight excluding hydrogens is 306 g/mol. The summed E-state index contributed by atoms with van der Waals surface area (Å²) < 4.78 is 5.13. The molecule has 1 N–H and O–H groups in total. The average Bonchev–Trinajstić information content (AvgIpc) is 2.59. The van der Waals surface area contributed by atoms with Gasteiger partial charge in [0.05, 0.1) is 0 Å². The predicted molar refractivity (Wildman–Crippen MR) is 102 cm³/mol. The number of esters is 1. The average molecular weight is 339 g/mol. The van der Waals surface area contributed by atoms with Crippen LogP contribution in [-0.2, 0) is 4.74 Å². The molecule has 0 amide bonds. The molecule has 1 aromatic rings. The molecule has 5 nitrogen and oxygen atoms in total. The molecule has 0 aromatic heterocycles. The van der Waals surface area contributed by atoms with Crippen molar-refractivity contribution in [3.05, 3.63) is 40.8 Å². The van der Waals surface area contributed by atoms with E-state index in [0.717, 1.165) is 6.07 Å². The van der Waals surface area contributed by atoms with Crippen molar-refractivity contribution in [2.24, 2.45) is 5.18 Å². The number of nitrogens with zero attached hydrogens (tertiary/aromatic N) is 1. The lowest BCUT2D eigenvalue weighted by Crippen LogP contribution is -2.15. The molecule has 138 valence electrons. The summed E-state index contributed by atoms with van der Waals surface area (Å²) in [6.45, 7) is 18.9. The molecule has 1 aromatic carbocycles. The van der Waals surface area contributed by atoms with E-state index in [1.54, 1.807) is 19.9 Å². The lowest BCUT2D eigenvalue weighted by molar-refractivity contribution is 0.0344. The van der Waals surface area contributed by atoms with E-state index in [2.05, 4.69) is 11.8 Å². The summed E-state index contributed by atoms with van der Waals surface area (Å²) in [6.07, 6.45) is 1.85. The Kier molecular flexibility index (Phi) is 19.1. The fourth-order valence-corrected chi connectivity index (χ4v) is 1.59. The summed E-state index contributed by atoms with van der Waals surface area (Å²) in [6, 6.07) is 2.55. The quantitative estimate of drug-likeness (QED) is 0.388. The van der Waals surface area contributed by atoms with Crippen LogP contribution in [0.3, 0.4) is 0 Å². The van der Waals surface area contributed by atoms with E-state index in [4.69, 9.17) is 4.74 Å². The zero-order chi connectivity index (χ0) is 19.7. The topological polar surface area (TPSA) is 76.0 Å². The lowest BCUT2D eigenvalue weighted by Gasteiger charge is -2.13. The van der Waals surface area contributed by atoms with Crippen LogP contribution in [0.1, 0.15) is 70.8 Å². The Morgan fingerprint density at radius 2 is 1.75 bits per heavy atom. The number of hydrogen-bond acceptors (Lipinski definition) is 5. The highest BCUT2D eigenvalue weighted by Crippen LogP contribution is 2.28. The van der Waals surface area contributed by atoms with Crippen molar-refractivity contribution in [3.8, 4) is 5.75 Å². The van der Waals surface area contributed by atoms with Crippen molar-refractivity contribution in [2.75, 3.05) is 0 Å². The zero-order valence-corrected chi connectivity index (χ0v) is 16.3. The maximum Gasteiger partial charge on any atom is 0.342 e. The Hall–Kier alpha value is -2.17. The molecule has 0 heterocycles. The molecule has 1 atom stereocenters. The maximum absolute atomic E-state index is 11.8. The lowest BCUT2D eigenvalue weighted by atomic mass is 10.1. The third-order valence-corrected chi connectivity index (χ3v) is 2.42. The van der Waals surface area contributed by atoms with E-state index in [-0.39, 0.29) is 23.1 Å². The van der Waals surface area contributed by atoms with Gasteiger partial charge in [-0.2, -0.15) is 0 Å². The molecule has 1 rings (SSSR count). The minimum atomic E-state index is -0.628. The molecule has 0 aliphatic heterocycles. The number of rotatable bonds is 5. The number of phenols is 1. The molecule has 0 spiro atoms. The first kappa shape index (κ1) is 26.7. The molecular formula is C19H33NO4. The van der Waals surface area contributed by atoms with E-state index >= 15 is 0 Å². The number of aryl methyl sites for hydroxylation is 1. The Morgan fingerprint density at radius 1 is 1.25 bits per heavy atom. The largest absolute Gasteiger partial charge is 0.507 e. The number of phenolic OH excluding ortho intramolecular Hbond substituents is 1. The van der Waals surface area contributed by atoms with E-state index in [1.165, 1.54) is 6.07 Å². The third-order valence-electron chi connectivity index (χ3n) is 2.42. The van der Waals surface area contributed by atoms with Gasteiger partial charge < -0.3 is 9.84 Å². The number of nitroso groups, excluding NO2 is 1. The van der Waals surface area contributed by atoms with Crippen LogP contribution in [0.25, 0.3) is 0 Å². The van der Waals surface area contributed by atoms with Crippen LogP contribution in [0, 0.1) is 11.8 Å². The summed E-state index contributed by atoms with van der Waals surface area (Å²) in [5, 5.41) is 12.4. The van der Waals surface area contributed by atoms with E-state index in [0.29, 0.717) is 12.0 Å². The highest BCUT2D eigenvalue weighted by atomic mass is 16.5. The summed E-state index contributed by atoms with van der Waals surface area (Å²) in [4.78, 5) is 22.2. The summed E-state index contributed by atoms with van der Waals surface area (Å²) >= 11 is 0. The molecule has 0 aliphatic carbocycles. The fraction of sp³-hybridized carbons (Fsp3) is 0.526. The van der Waals surface area contributed by atoms with Gasteiger partial charge in [0.2, 0.25) is 0 Å². The van der Waals surface area contributed by atoms with Gasteiger partial charge in [-0.3, -0.25) is 0 Å². The monoisotopic (exact) mass is 339 g/mol. The van der Waals surface area contributed by atoms with E-state index in [9.17, 15) is 14.8 Å². The third kappa shape index (κ3) is 9.77. The molecule has 0 fully saturated rings. The summed E-state index contributed by atoms with van der Waals surface area (Å²) in [7, 11) is 0. The standard InChI is InChI=1S/C13H15NO4.3C2H6/c1-4-5-9(3)18-13(16)12-8(2)6-10(14-17)7-11(12)15;3*1-2/h4,6-7,9,15H,1,5H2,2-3H3;3*1-2H3/t9-;;;/m1.../s1. The van der Waals surface area contributed by atoms with Crippen molar-refractivity contribution in [3.63, 3.8) is 0 Å². The van der Waals surface area contributed by atoms with Crippen molar-refractivity contribution < 1.29 is 14.6 Å². The number of carbonyl (C=O) groups is 1. The van der Waals surface area contributed by atoms with Gasteiger partial charge in [-0.05, 0) is 30.7 Å². The number of hydrogen-bond donors (Lipinski definition) is 1. The Bertz CT molecular complexity index is 461. The number of carbonyl (C=O) groups excluding carboxylic acids is 1. The van der Waals surface area contributed by atoms with Crippen molar-refractivity contribution in [2.45, 2.75) is 67.9 Å². The van der Waals surface area contributed by atoms with E-state index in [1.807, 2.05) is 41.5 Å². The molecule has 0 saturated heterocycles. The Balaban J connectivity index is -0.000000659. The van der Waals surface area contributed by atoms with Gasteiger partial charge >= 0.3 is 5.97 Å². The van der Waals surface area contributed by atoms with Crippen LogP contribution >= 0.6 is 0 Å². The molecule has 0 radical (unpaired) electrons. The summed E-state index contributed by atoms with van der Waals surface area (Å²) in [5.74, 6) is -0.933. The first-order chi connectivity index (χ1) is 11.5. The Labute approximate surface area is 146 Å². The van der Waals surface area contributed by atoms with Gasteiger partial charge in [-0.1, -0.05) is 47.6 Å². The number of ether oxygens (including phenoxy) is 1. The van der Waals surface area contributed by atoms with Gasteiger partial charge in [0.15, 0.2) is 0 Å². The first-order valence-electron chi connectivity index (χ1n) is 8.48. The molecule has 0 aliphatic rings. The molecule has 0 unspecified atom stereocenters. The minimum Gasteiger partial charge on any atom is -0.507 e. The van der Waals surface area contributed by atoms with E-state index < -0.39 is 5.97 Å². The van der Waals surface area contributed by atoms with Gasteiger partial charge in [-0.15, -0.1) is 11.5 Å². The second-order valence-electron chi connectivity index (χ2n) is 3.99. The zero-order valence-electron chi connectivity index (χ0n) is 16.3. The van der Waals surface area contributed by atoms with Crippen LogP contribution in [0.5, 0.6) is 5.75 Å². The number of benzene rings is 1. The van der Waals surface area contributed by atoms with Crippen LogP contribution in [-0.4, -0.2) is 17.2 Å². The van der Waals surface area contributed by atoms with Crippen LogP contribution in [0.2, 0.25) is 0 Å².